The van der Waals surface area contributed by atoms with Crippen molar-refractivity contribution in [3.05, 3.63) is 16.1 Å². The highest BCUT2D eigenvalue weighted by Crippen LogP contribution is 2.23. The van der Waals surface area contributed by atoms with Crippen molar-refractivity contribution in [2.45, 2.75) is 45.6 Å². The van der Waals surface area contributed by atoms with Gasteiger partial charge in [-0.05, 0) is 25.2 Å². The number of hydrogen-bond donors (Lipinski definition) is 1. The molecule has 0 saturated carbocycles. The van der Waals surface area contributed by atoms with Crippen LogP contribution < -0.4 is 5.73 Å². The summed E-state index contributed by atoms with van der Waals surface area (Å²) in [5.41, 5.74) is 6.11. The lowest BCUT2D eigenvalue weighted by Gasteiger charge is -2.19. The van der Waals surface area contributed by atoms with Gasteiger partial charge in [0.15, 0.2) is 0 Å². The third-order valence-electron chi connectivity index (χ3n) is 3.78. The maximum absolute atomic E-state index is 12.4. The molecule has 0 aliphatic carbocycles. The van der Waals surface area contributed by atoms with Crippen LogP contribution in [0.3, 0.4) is 0 Å². The zero-order valence-corrected chi connectivity index (χ0v) is 12.4. The van der Waals surface area contributed by atoms with E-state index in [9.17, 15) is 4.79 Å². The van der Waals surface area contributed by atoms with Crippen molar-refractivity contribution in [2.75, 3.05) is 13.1 Å². The summed E-state index contributed by atoms with van der Waals surface area (Å²) < 4.78 is 0. The van der Waals surface area contributed by atoms with Gasteiger partial charge in [-0.1, -0.05) is 19.8 Å². The highest BCUT2D eigenvalue weighted by molar-refractivity contribution is 7.09. The van der Waals surface area contributed by atoms with Gasteiger partial charge in [0.2, 0.25) is 0 Å². The van der Waals surface area contributed by atoms with Crippen LogP contribution in [0.4, 0.5) is 0 Å². The first-order chi connectivity index (χ1) is 9.24. The number of nitrogens with two attached hydrogens (primary N) is 1. The molecule has 1 unspecified atom stereocenters. The summed E-state index contributed by atoms with van der Waals surface area (Å²) in [5.74, 6) is 0.867. The topological polar surface area (TPSA) is 59.2 Å². The summed E-state index contributed by atoms with van der Waals surface area (Å²) >= 11 is 1.47. The van der Waals surface area contributed by atoms with E-state index in [0.717, 1.165) is 36.9 Å². The zero-order chi connectivity index (χ0) is 13.7. The van der Waals surface area contributed by atoms with Crippen molar-refractivity contribution in [1.29, 1.82) is 0 Å². The number of likely N-dealkylation sites (tertiary alicyclic amines) is 1. The predicted molar refractivity (Wildman–Crippen MR) is 78.2 cm³/mol. The summed E-state index contributed by atoms with van der Waals surface area (Å²) in [6.07, 6.45) is 6.03. The van der Waals surface area contributed by atoms with Crippen LogP contribution in [-0.4, -0.2) is 28.9 Å². The van der Waals surface area contributed by atoms with Gasteiger partial charge in [0.05, 0.1) is 0 Å². The molecule has 1 aromatic heterocycles. The standard InChI is InChI=1S/C14H23N3OS/c1-2-4-11-5-3-7-17(8-6-11)14(18)12-10-19-13(9-15)16-12/h10-11H,2-9,15H2,1H3. The second-order valence-electron chi connectivity index (χ2n) is 5.21. The number of carbonyl (C=O) groups is 1. The van der Waals surface area contributed by atoms with Crippen LogP contribution in [0.15, 0.2) is 5.38 Å². The molecule has 0 aromatic carbocycles. The summed E-state index contributed by atoms with van der Waals surface area (Å²) in [7, 11) is 0. The molecule has 5 heteroatoms. The molecular formula is C14H23N3OS. The highest BCUT2D eigenvalue weighted by Gasteiger charge is 2.22. The third kappa shape index (κ3) is 3.76. The largest absolute Gasteiger partial charge is 0.337 e. The lowest BCUT2D eigenvalue weighted by Crippen LogP contribution is -2.32. The van der Waals surface area contributed by atoms with Gasteiger partial charge in [-0.2, -0.15) is 0 Å². The van der Waals surface area contributed by atoms with Crippen molar-refractivity contribution in [3.63, 3.8) is 0 Å². The van der Waals surface area contributed by atoms with Crippen molar-refractivity contribution in [1.82, 2.24) is 9.88 Å². The Morgan fingerprint density at radius 1 is 1.53 bits per heavy atom. The van der Waals surface area contributed by atoms with Gasteiger partial charge in [0.25, 0.3) is 5.91 Å². The molecular weight excluding hydrogens is 258 g/mol. The fourth-order valence-electron chi connectivity index (χ4n) is 2.73. The van der Waals surface area contributed by atoms with Gasteiger partial charge in [0.1, 0.15) is 10.7 Å². The molecule has 2 N–H and O–H groups in total. The smallest absolute Gasteiger partial charge is 0.273 e. The fraction of sp³-hybridized carbons (Fsp3) is 0.714. The SMILES string of the molecule is CCCC1CCCN(C(=O)c2csc(CN)n2)CC1. The summed E-state index contributed by atoms with van der Waals surface area (Å²) in [6.45, 7) is 4.39. The van der Waals surface area contributed by atoms with Gasteiger partial charge < -0.3 is 10.6 Å². The van der Waals surface area contributed by atoms with Gasteiger partial charge in [-0.15, -0.1) is 11.3 Å². The third-order valence-corrected chi connectivity index (χ3v) is 4.65. The van der Waals surface area contributed by atoms with Crippen molar-refractivity contribution < 1.29 is 4.79 Å². The van der Waals surface area contributed by atoms with E-state index in [1.165, 1.54) is 30.6 Å². The number of amides is 1. The number of aromatic nitrogens is 1. The van der Waals surface area contributed by atoms with E-state index >= 15 is 0 Å². The van der Waals surface area contributed by atoms with Crippen LogP contribution >= 0.6 is 11.3 Å². The molecule has 2 heterocycles. The molecule has 1 fully saturated rings. The van der Waals surface area contributed by atoms with Crippen molar-refractivity contribution >= 4 is 17.2 Å². The fourth-order valence-corrected chi connectivity index (χ4v) is 3.38. The van der Waals surface area contributed by atoms with Gasteiger partial charge in [-0.3, -0.25) is 4.79 Å². The number of carbonyl (C=O) groups excluding carboxylic acids is 1. The Morgan fingerprint density at radius 3 is 3.05 bits per heavy atom. The molecule has 1 amide bonds. The van der Waals surface area contributed by atoms with Crippen molar-refractivity contribution in [3.8, 4) is 0 Å². The average Bonchev–Trinajstić information content (AvgIpc) is 2.79. The Bertz CT molecular complexity index is 419. The molecule has 1 atom stereocenters. The van der Waals surface area contributed by atoms with E-state index < -0.39 is 0 Å². The Balaban J connectivity index is 1.95. The van der Waals surface area contributed by atoms with Crippen LogP contribution in [0, 0.1) is 5.92 Å². The first-order valence-corrected chi connectivity index (χ1v) is 8.06. The van der Waals surface area contributed by atoms with E-state index in [1.807, 2.05) is 10.3 Å². The van der Waals surface area contributed by atoms with E-state index in [4.69, 9.17) is 5.73 Å². The molecule has 4 nitrogen and oxygen atoms in total. The molecule has 19 heavy (non-hydrogen) atoms. The quantitative estimate of drug-likeness (QED) is 0.923. The first kappa shape index (κ1) is 14.5. The zero-order valence-electron chi connectivity index (χ0n) is 11.6. The first-order valence-electron chi connectivity index (χ1n) is 7.18. The molecule has 0 radical (unpaired) electrons. The Hall–Kier alpha value is -0.940. The lowest BCUT2D eigenvalue weighted by molar-refractivity contribution is 0.0754. The van der Waals surface area contributed by atoms with Gasteiger partial charge in [-0.25, -0.2) is 4.98 Å². The average molecular weight is 281 g/mol. The second kappa shape index (κ2) is 7.01. The minimum Gasteiger partial charge on any atom is -0.337 e. The summed E-state index contributed by atoms with van der Waals surface area (Å²) in [5, 5.41) is 2.67. The molecule has 1 aliphatic rings. The molecule has 0 spiro atoms. The van der Waals surface area contributed by atoms with Gasteiger partial charge in [0, 0.05) is 25.0 Å². The molecule has 106 valence electrons. The summed E-state index contributed by atoms with van der Waals surface area (Å²) in [6, 6.07) is 0. The van der Waals surface area contributed by atoms with Crippen LogP contribution in [0.2, 0.25) is 0 Å². The van der Waals surface area contributed by atoms with Crippen molar-refractivity contribution in [2.24, 2.45) is 11.7 Å². The highest BCUT2D eigenvalue weighted by atomic mass is 32.1. The minimum absolute atomic E-state index is 0.0769. The monoisotopic (exact) mass is 281 g/mol. The normalized spacial score (nSPS) is 20.3. The van der Waals surface area contributed by atoms with Gasteiger partial charge >= 0.3 is 0 Å². The van der Waals surface area contributed by atoms with Crippen LogP contribution in [0.5, 0.6) is 0 Å². The Kier molecular flexibility index (Phi) is 5.34. The molecule has 2 rings (SSSR count). The van der Waals surface area contributed by atoms with Crippen LogP contribution in [0.1, 0.15) is 54.5 Å². The maximum Gasteiger partial charge on any atom is 0.273 e. The predicted octanol–water partition coefficient (Wildman–Crippen LogP) is 2.64. The number of hydrogen-bond acceptors (Lipinski definition) is 4. The second-order valence-corrected chi connectivity index (χ2v) is 6.15. The number of nitrogens with zero attached hydrogens (tertiary/aromatic N) is 2. The van der Waals surface area contributed by atoms with Crippen LogP contribution in [-0.2, 0) is 6.54 Å². The maximum atomic E-state index is 12.4. The molecule has 1 aliphatic heterocycles. The van der Waals surface area contributed by atoms with E-state index in [1.54, 1.807) is 0 Å². The summed E-state index contributed by atoms with van der Waals surface area (Å²) in [4.78, 5) is 18.6. The van der Waals surface area contributed by atoms with E-state index in [-0.39, 0.29) is 5.91 Å². The lowest BCUT2D eigenvalue weighted by atomic mass is 9.96. The number of rotatable bonds is 4. The number of thiazole rings is 1. The van der Waals surface area contributed by atoms with E-state index in [0.29, 0.717) is 12.2 Å². The molecule has 1 saturated heterocycles. The molecule has 0 bridgehead atoms. The van der Waals surface area contributed by atoms with Crippen LogP contribution in [0.25, 0.3) is 0 Å². The minimum atomic E-state index is 0.0769. The van der Waals surface area contributed by atoms with E-state index in [2.05, 4.69) is 11.9 Å². The Morgan fingerprint density at radius 2 is 2.37 bits per heavy atom. The Labute approximate surface area is 119 Å². The molecule has 1 aromatic rings.